The predicted molar refractivity (Wildman–Crippen MR) is 104 cm³/mol. The zero-order valence-electron chi connectivity index (χ0n) is 15.5. The summed E-state index contributed by atoms with van der Waals surface area (Å²) in [5.74, 6) is -0.422. The molecule has 0 bridgehead atoms. The minimum atomic E-state index is -0.326. The van der Waals surface area contributed by atoms with E-state index in [2.05, 4.69) is 15.6 Å². The van der Waals surface area contributed by atoms with E-state index in [1.165, 1.54) is 0 Å². The van der Waals surface area contributed by atoms with Gasteiger partial charge >= 0.3 is 0 Å². The smallest absolute Gasteiger partial charge is 0.287 e. The van der Waals surface area contributed by atoms with E-state index in [0.717, 1.165) is 12.1 Å². The predicted octanol–water partition coefficient (Wildman–Crippen LogP) is 1.56. The van der Waals surface area contributed by atoms with Crippen LogP contribution in [0.2, 0.25) is 0 Å². The number of likely N-dealkylation sites (N-methyl/N-ethyl adjacent to an activating group) is 1. The number of pyridine rings is 1. The maximum atomic E-state index is 12.6. The highest BCUT2D eigenvalue weighted by Crippen LogP contribution is 2.13. The number of rotatable bonds is 7. The summed E-state index contributed by atoms with van der Waals surface area (Å²) in [6.07, 6.45) is 1.73. The van der Waals surface area contributed by atoms with Crippen molar-refractivity contribution >= 4 is 17.3 Å². The highest BCUT2D eigenvalue weighted by molar-refractivity contribution is 6.02. The lowest BCUT2D eigenvalue weighted by Gasteiger charge is -2.09. The van der Waals surface area contributed by atoms with Crippen molar-refractivity contribution in [3.05, 3.63) is 71.8 Å². The molecule has 3 aromatic rings. The average molecular weight is 365 g/mol. The second kappa shape index (κ2) is 8.46. The van der Waals surface area contributed by atoms with Gasteiger partial charge in [-0.1, -0.05) is 36.4 Å². The molecule has 0 radical (unpaired) electrons. The van der Waals surface area contributed by atoms with Gasteiger partial charge in [-0.3, -0.25) is 14.0 Å². The molecule has 2 aromatic heterocycles. The van der Waals surface area contributed by atoms with Crippen LogP contribution in [0.15, 0.2) is 54.7 Å². The summed E-state index contributed by atoms with van der Waals surface area (Å²) in [6, 6.07) is 15.0. The van der Waals surface area contributed by atoms with E-state index in [1.807, 2.05) is 55.4 Å². The molecular weight excluding hydrogens is 342 g/mol. The van der Waals surface area contributed by atoms with E-state index < -0.39 is 0 Å². The Labute approximate surface area is 158 Å². The molecule has 2 N–H and O–H groups in total. The first-order valence-electron chi connectivity index (χ1n) is 8.78. The molecule has 140 valence electrons. The van der Waals surface area contributed by atoms with Crippen LogP contribution in [-0.4, -0.2) is 53.3 Å². The molecule has 0 aliphatic rings. The number of carbonyl (C=O) groups is 2. The molecule has 1 aromatic carbocycles. The molecule has 27 heavy (non-hydrogen) atoms. The fourth-order valence-electron chi connectivity index (χ4n) is 2.70. The van der Waals surface area contributed by atoms with Crippen molar-refractivity contribution in [3.8, 4) is 0 Å². The third-order valence-corrected chi connectivity index (χ3v) is 4.11. The van der Waals surface area contributed by atoms with E-state index in [0.29, 0.717) is 18.6 Å². The largest absolute Gasteiger partial charge is 0.349 e. The number of hydrogen-bond acceptors (Lipinski definition) is 4. The molecule has 2 amide bonds. The van der Waals surface area contributed by atoms with Crippen LogP contribution in [0.1, 0.15) is 26.7 Å². The molecule has 3 rings (SSSR count). The van der Waals surface area contributed by atoms with Crippen molar-refractivity contribution in [1.82, 2.24) is 24.9 Å². The molecule has 0 saturated heterocycles. The third-order valence-electron chi connectivity index (χ3n) is 4.11. The maximum Gasteiger partial charge on any atom is 0.287 e. The summed E-state index contributed by atoms with van der Waals surface area (Å²) in [7, 11) is 3.88. The summed E-state index contributed by atoms with van der Waals surface area (Å²) in [6.45, 7) is 1.63. The van der Waals surface area contributed by atoms with Crippen LogP contribution < -0.4 is 10.6 Å². The highest BCUT2D eigenvalue weighted by atomic mass is 16.2. The average Bonchev–Trinajstić information content (AvgIpc) is 3.06. The zero-order chi connectivity index (χ0) is 19.2. The lowest BCUT2D eigenvalue weighted by atomic mass is 10.2. The molecule has 0 aliphatic carbocycles. The van der Waals surface area contributed by atoms with Crippen LogP contribution in [0.25, 0.3) is 5.52 Å². The van der Waals surface area contributed by atoms with Gasteiger partial charge in [0.15, 0.2) is 5.69 Å². The number of nitrogens with one attached hydrogen (secondary N) is 2. The molecule has 0 fully saturated rings. The minimum absolute atomic E-state index is 0.194. The van der Waals surface area contributed by atoms with Gasteiger partial charge in [0.25, 0.3) is 11.8 Å². The summed E-state index contributed by atoms with van der Waals surface area (Å²) in [5.41, 5.74) is 1.84. The second-order valence-corrected chi connectivity index (χ2v) is 6.47. The van der Waals surface area contributed by atoms with Crippen LogP contribution >= 0.6 is 0 Å². The second-order valence-electron chi connectivity index (χ2n) is 6.47. The highest BCUT2D eigenvalue weighted by Gasteiger charge is 2.21. The normalized spacial score (nSPS) is 10.9. The van der Waals surface area contributed by atoms with Gasteiger partial charge in [-0.15, -0.1) is 0 Å². The molecule has 7 nitrogen and oxygen atoms in total. The van der Waals surface area contributed by atoms with Crippen molar-refractivity contribution in [2.75, 3.05) is 27.2 Å². The maximum absolute atomic E-state index is 12.6. The van der Waals surface area contributed by atoms with Gasteiger partial charge < -0.3 is 15.5 Å². The summed E-state index contributed by atoms with van der Waals surface area (Å²) in [5, 5.41) is 5.70. The molecule has 2 heterocycles. The van der Waals surface area contributed by atoms with E-state index in [1.54, 1.807) is 22.7 Å². The van der Waals surface area contributed by atoms with Gasteiger partial charge in [0.1, 0.15) is 0 Å². The van der Waals surface area contributed by atoms with Gasteiger partial charge in [0.2, 0.25) is 5.82 Å². The fourth-order valence-corrected chi connectivity index (χ4v) is 2.70. The van der Waals surface area contributed by atoms with Crippen molar-refractivity contribution < 1.29 is 9.59 Å². The fraction of sp³-hybridized carbons (Fsp3) is 0.250. The summed E-state index contributed by atoms with van der Waals surface area (Å²) in [4.78, 5) is 31.5. The van der Waals surface area contributed by atoms with E-state index >= 15 is 0 Å². The number of aromatic nitrogens is 2. The lowest BCUT2D eigenvalue weighted by Crippen LogP contribution is -2.31. The molecule has 0 spiro atoms. The number of benzene rings is 1. The van der Waals surface area contributed by atoms with E-state index in [-0.39, 0.29) is 23.3 Å². The third kappa shape index (κ3) is 4.51. The quantitative estimate of drug-likeness (QED) is 0.666. The molecular formula is C20H23N5O2. The topological polar surface area (TPSA) is 78.7 Å². The van der Waals surface area contributed by atoms with Gasteiger partial charge in [0, 0.05) is 25.8 Å². The first-order chi connectivity index (χ1) is 13.1. The number of imidazole rings is 1. The molecule has 0 saturated carbocycles. The Bertz CT molecular complexity index is 934. The van der Waals surface area contributed by atoms with E-state index in [4.69, 9.17) is 0 Å². The zero-order valence-corrected chi connectivity index (χ0v) is 15.5. The molecule has 0 atom stereocenters. The van der Waals surface area contributed by atoms with Crippen molar-refractivity contribution in [2.24, 2.45) is 0 Å². The Balaban J connectivity index is 1.79. The monoisotopic (exact) mass is 365 g/mol. The van der Waals surface area contributed by atoms with Crippen molar-refractivity contribution in [1.29, 1.82) is 0 Å². The van der Waals surface area contributed by atoms with E-state index in [9.17, 15) is 9.59 Å². The number of fused-ring (bicyclic) bond motifs is 1. The van der Waals surface area contributed by atoms with Crippen LogP contribution in [0.3, 0.4) is 0 Å². The van der Waals surface area contributed by atoms with Crippen LogP contribution in [-0.2, 0) is 6.54 Å². The number of hydrogen-bond donors (Lipinski definition) is 2. The van der Waals surface area contributed by atoms with Crippen LogP contribution in [0.4, 0.5) is 0 Å². The number of carbonyl (C=O) groups excluding carboxylic acids is 2. The Hall–Kier alpha value is -3.19. The SMILES string of the molecule is CN(C)CCNC(=O)c1nc(C(=O)NCc2ccccc2)n2ccccc12. The van der Waals surface area contributed by atoms with Gasteiger partial charge in [0.05, 0.1) is 5.52 Å². The number of amides is 2. The standard InChI is InChI=1S/C20H23N5O2/c1-24(2)13-11-21-19(26)17-16-10-6-7-12-25(16)18(23-17)20(27)22-14-15-8-4-3-5-9-15/h3-10,12H,11,13-14H2,1-2H3,(H,21,26)(H,22,27). The Morgan fingerprint density at radius 2 is 1.74 bits per heavy atom. The first-order valence-corrected chi connectivity index (χ1v) is 8.78. The van der Waals surface area contributed by atoms with Crippen LogP contribution in [0, 0.1) is 0 Å². The summed E-state index contributed by atoms with van der Waals surface area (Å²) >= 11 is 0. The Morgan fingerprint density at radius 3 is 2.48 bits per heavy atom. The number of nitrogens with zero attached hydrogens (tertiary/aromatic N) is 3. The Kier molecular flexibility index (Phi) is 5.83. The van der Waals surface area contributed by atoms with Crippen LogP contribution in [0.5, 0.6) is 0 Å². The molecule has 7 heteroatoms. The van der Waals surface area contributed by atoms with Crippen molar-refractivity contribution in [2.45, 2.75) is 6.54 Å². The minimum Gasteiger partial charge on any atom is -0.349 e. The van der Waals surface area contributed by atoms with Crippen molar-refractivity contribution in [3.63, 3.8) is 0 Å². The van der Waals surface area contributed by atoms with Gasteiger partial charge in [-0.25, -0.2) is 4.98 Å². The molecule has 0 unspecified atom stereocenters. The van der Waals surface area contributed by atoms with Gasteiger partial charge in [-0.05, 0) is 31.8 Å². The Morgan fingerprint density at radius 1 is 1.00 bits per heavy atom. The molecule has 0 aliphatic heterocycles. The summed E-state index contributed by atoms with van der Waals surface area (Å²) < 4.78 is 1.64. The van der Waals surface area contributed by atoms with Gasteiger partial charge in [-0.2, -0.15) is 0 Å². The first kappa shape index (κ1) is 18.6. The lowest BCUT2D eigenvalue weighted by molar-refractivity contribution is 0.0939.